The van der Waals surface area contributed by atoms with Gasteiger partial charge in [0.2, 0.25) is 0 Å². The van der Waals surface area contributed by atoms with Gasteiger partial charge in [0.05, 0.1) is 5.69 Å². The summed E-state index contributed by atoms with van der Waals surface area (Å²) in [5, 5.41) is 0. The molecule has 1 aromatic carbocycles. The molecule has 1 aliphatic heterocycles. The Hall–Kier alpha value is -1.09. The topological polar surface area (TPSA) is 29.3 Å². The molecule has 0 aromatic heterocycles. The summed E-state index contributed by atoms with van der Waals surface area (Å²) in [5.74, 6) is 0.662. The summed E-state index contributed by atoms with van der Waals surface area (Å²) in [4.78, 5) is 2.32. The van der Waals surface area contributed by atoms with Crippen LogP contribution in [-0.4, -0.2) is 12.6 Å². The normalized spacial score (nSPS) is 25.4. The van der Waals surface area contributed by atoms with Crippen LogP contribution in [0.25, 0.3) is 0 Å². The fourth-order valence-corrected chi connectivity index (χ4v) is 3.96. The van der Waals surface area contributed by atoms with E-state index in [1.165, 1.54) is 38.5 Å². The maximum Gasteiger partial charge on any atom is 0.146 e. The first-order valence-electron chi connectivity index (χ1n) is 7.98. The average molecular weight is 276 g/mol. The Morgan fingerprint density at radius 3 is 2.60 bits per heavy atom. The van der Waals surface area contributed by atoms with Crippen molar-refractivity contribution < 1.29 is 4.39 Å². The quantitative estimate of drug-likeness (QED) is 0.904. The van der Waals surface area contributed by atoms with Crippen molar-refractivity contribution >= 4 is 5.69 Å². The highest BCUT2D eigenvalue weighted by Gasteiger charge is 2.34. The van der Waals surface area contributed by atoms with Gasteiger partial charge in [-0.25, -0.2) is 4.39 Å². The summed E-state index contributed by atoms with van der Waals surface area (Å²) in [6, 6.07) is 5.97. The van der Waals surface area contributed by atoms with E-state index in [0.717, 1.165) is 23.7 Å². The van der Waals surface area contributed by atoms with Gasteiger partial charge in [0.1, 0.15) is 5.82 Å². The molecular weight excluding hydrogens is 251 g/mol. The molecule has 1 heterocycles. The van der Waals surface area contributed by atoms with Crippen LogP contribution in [0.5, 0.6) is 0 Å². The molecule has 20 heavy (non-hydrogen) atoms. The highest BCUT2D eigenvalue weighted by Crippen LogP contribution is 2.38. The molecule has 2 fully saturated rings. The first-order chi connectivity index (χ1) is 9.66. The van der Waals surface area contributed by atoms with Crippen LogP contribution in [0.3, 0.4) is 0 Å². The summed E-state index contributed by atoms with van der Waals surface area (Å²) in [7, 11) is 0. The number of anilines is 1. The van der Waals surface area contributed by atoms with Crippen LogP contribution in [0.1, 0.15) is 57.1 Å². The molecule has 3 heteroatoms. The van der Waals surface area contributed by atoms with E-state index < -0.39 is 0 Å². The molecule has 0 spiro atoms. The Bertz CT molecular complexity index is 466. The minimum atomic E-state index is -0.109. The van der Waals surface area contributed by atoms with Gasteiger partial charge in [-0.1, -0.05) is 18.9 Å². The second-order valence-electron chi connectivity index (χ2n) is 6.45. The Labute approximate surface area is 121 Å². The van der Waals surface area contributed by atoms with Crippen molar-refractivity contribution in [2.45, 2.75) is 57.5 Å². The Kier molecular flexibility index (Phi) is 3.97. The van der Waals surface area contributed by atoms with Crippen molar-refractivity contribution in [1.29, 1.82) is 0 Å². The number of nitrogens with two attached hydrogens (primary N) is 1. The molecule has 1 aliphatic carbocycles. The zero-order chi connectivity index (χ0) is 14.1. The number of benzene rings is 1. The van der Waals surface area contributed by atoms with E-state index in [9.17, 15) is 4.39 Å². The van der Waals surface area contributed by atoms with Crippen molar-refractivity contribution in [2.24, 2.45) is 11.7 Å². The molecule has 2 aliphatic rings. The molecule has 1 saturated heterocycles. The molecule has 1 unspecified atom stereocenters. The van der Waals surface area contributed by atoms with Crippen LogP contribution in [0.4, 0.5) is 10.1 Å². The highest BCUT2D eigenvalue weighted by atomic mass is 19.1. The second-order valence-corrected chi connectivity index (χ2v) is 6.45. The van der Waals surface area contributed by atoms with Crippen LogP contribution < -0.4 is 10.6 Å². The van der Waals surface area contributed by atoms with Gasteiger partial charge in [-0.05, 0) is 56.2 Å². The number of hydrogen-bond donors (Lipinski definition) is 1. The van der Waals surface area contributed by atoms with Gasteiger partial charge in [-0.2, -0.15) is 0 Å². The standard InChI is InChI=1S/C17H25FN2/c1-12(19)14-8-9-17(15(18)11-14)20-10-4-7-16(20)13-5-2-3-6-13/h8-9,11-13,16H,2-7,10,19H2,1H3/t12-,16?/m0/s1. The lowest BCUT2D eigenvalue weighted by atomic mass is 9.95. The van der Waals surface area contributed by atoms with E-state index in [1.54, 1.807) is 6.07 Å². The molecule has 2 nitrogen and oxygen atoms in total. The van der Waals surface area contributed by atoms with Crippen molar-refractivity contribution in [1.82, 2.24) is 0 Å². The van der Waals surface area contributed by atoms with Crippen LogP contribution in [-0.2, 0) is 0 Å². The van der Waals surface area contributed by atoms with E-state index in [-0.39, 0.29) is 11.9 Å². The zero-order valence-corrected chi connectivity index (χ0v) is 12.3. The number of halogens is 1. The lowest BCUT2D eigenvalue weighted by Gasteiger charge is -2.31. The van der Waals surface area contributed by atoms with Crippen LogP contribution in [0, 0.1) is 11.7 Å². The SMILES string of the molecule is C[C@H](N)c1ccc(N2CCCC2C2CCCC2)c(F)c1. The fourth-order valence-electron chi connectivity index (χ4n) is 3.96. The lowest BCUT2D eigenvalue weighted by Crippen LogP contribution is -2.35. The summed E-state index contributed by atoms with van der Waals surface area (Å²) in [6.45, 7) is 2.89. The van der Waals surface area contributed by atoms with Gasteiger partial charge >= 0.3 is 0 Å². The fraction of sp³-hybridized carbons (Fsp3) is 0.647. The molecular formula is C17H25FN2. The molecule has 110 valence electrons. The van der Waals surface area contributed by atoms with Crippen molar-refractivity contribution in [3.8, 4) is 0 Å². The summed E-state index contributed by atoms with van der Waals surface area (Å²) < 4.78 is 14.4. The van der Waals surface area contributed by atoms with Gasteiger partial charge < -0.3 is 10.6 Å². The average Bonchev–Trinajstić information content (AvgIpc) is 3.09. The van der Waals surface area contributed by atoms with Crippen LogP contribution in [0.15, 0.2) is 18.2 Å². The van der Waals surface area contributed by atoms with E-state index >= 15 is 0 Å². The molecule has 0 bridgehead atoms. The number of hydrogen-bond acceptors (Lipinski definition) is 2. The van der Waals surface area contributed by atoms with Crippen LogP contribution in [0.2, 0.25) is 0 Å². The Balaban J connectivity index is 1.83. The lowest BCUT2D eigenvalue weighted by molar-refractivity contribution is 0.427. The molecule has 0 radical (unpaired) electrons. The molecule has 1 saturated carbocycles. The first kappa shape index (κ1) is 13.9. The molecule has 2 N–H and O–H groups in total. The summed E-state index contributed by atoms with van der Waals surface area (Å²) >= 11 is 0. The Morgan fingerprint density at radius 1 is 1.20 bits per heavy atom. The first-order valence-corrected chi connectivity index (χ1v) is 7.98. The predicted octanol–water partition coefficient (Wildman–Crippen LogP) is 4.00. The maximum atomic E-state index is 14.4. The van der Waals surface area contributed by atoms with E-state index in [4.69, 9.17) is 5.73 Å². The molecule has 0 amide bonds. The zero-order valence-electron chi connectivity index (χ0n) is 12.3. The van der Waals surface area contributed by atoms with Crippen molar-refractivity contribution in [2.75, 3.05) is 11.4 Å². The van der Waals surface area contributed by atoms with Gasteiger partial charge in [-0.3, -0.25) is 0 Å². The molecule has 2 atom stereocenters. The largest absolute Gasteiger partial charge is 0.366 e. The summed E-state index contributed by atoms with van der Waals surface area (Å²) in [6.07, 6.45) is 7.75. The number of rotatable bonds is 3. The predicted molar refractivity (Wildman–Crippen MR) is 81.3 cm³/mol. The van der Waals surface area contributed by atoms with E-state index in [0.29, 0.717) is 6.04 Å². The Morgan fingerprint density at radius 2 is 1.95 bits per heavy atom. The summed E-state index contributed by atoms with van der Waals surface area (Å²) in [5.41, 5.74) is 7.49. The van der Waals surface area contributed by atoms with Crippen molar-refractivity contribution in [3.63, 3.8) is 0 Å². The highest BCUT2D eigenvalue weighted by molar-refractivity contribution is 5.51. The third-order valence-corrected chi connectivity index (χ3v) is 5.05. The second kappa shape index (κ2) is 5.72. The molecule has 1 aromatic rings. The van der Waals surface area contributed by atoms with Crippen LogP contribution >= 0.6 is 0 Å². The van der Waals surface area contributed by atoms with Gasteiger partial charge in [0.25, 0.3) is 0 Å². The minimum Gasteiger partial charge on any atom is -0.366 e. The minimum absolute atomic E-state index is 0.107. The third kappa shape index (κ3) is 2.56. The van der Waals surface area contributed by atoms with Gasteiger partial charge in [0.15, 0.2) is 0 Å². The monoisotopic (exact) mass is 276 g/mol. The smallest absolute Gasteiger partial charge is 0.146 e. The van der Waals surface area contributed by atoms with E-state index in [2.05, 4.69) is 4.90 Å². The third-order valence-electron chi connectivity index (χ3n) is 5.05. The van der Waals surface area contributed by atoms with Crippen molar-refractivity contribution in [3.05, 3.63) is 29.6 Å². The van der Waals surface area contributed by atoms with Gasteiger partial charge in [-0.15, -0.1) is 0 Å². The van der Waals surface area contributed by atoms with Gasteiger partial charge in [0, 0.05) is 18.6 Å². The number of nitrogens with zero attached hydrogens (tertiary/aromatic N) is 1. The maximum absolute atomic E-state index is 14.4. The van der Waals surface area contributed by atoms with E-state index in [1.807, 2.05) is 19.1 Å². The molecule has 3 rings (SSSR count).